The molecule has 0 aliphatic rings. The van der Waals surface area contributed by atoms with E-state index in [1.54, 1.807) is 25.5 Å². The number of nitrogens with one attached hydrogen (secondary N) is 2. The summed E-state index contributed by atoms with van der Waals surface area (Å²) in [5, 5.41) is 18.6. The van der Waals surface area contributed by atoms with E-state index in [0.717, 1.165) is 34.4 Å². The Morgan fingerprint density at radius 1 is 1.15 bits per heavy atom. The Morgan fingerprint density at radius 2 is 1.82 bits per heavy atom. The van der Waals surface area contributed by atoms with Gasteiger partial charge in [0, 0.05) is 18.5 Å². The summed E-state index contributed by atoms with van der Waals surface area (Å²) in [6, 6.07) is 1.90. The second-order valence-electron chi connectivity index (χ2n) is 8.26. The monoisotopic (exact) mass is 513 g/mol. The lowest BCUT2D eigenvalue weighted by Gasteiger charge is -2.20. The van der Waals surface area contributed by atoms with Crippen molar-refractivity contribution in [3.05, 3.63) is 29.0 Å². The average molecular weight is 514 g/mol. The van der Waals surface area contributed by atoms with Crippen molar-refractivity contribution in [2.75, 3.05) is 23.7 Å². The minimum atomic E-state index is -3.77. The van der Waals surface area contributed by atoms with Crippen LogP contribution < -0.4 is 10.6 Å². The van der Waals surface area contributed by atoms with Gasteiger partial charge in [-0.2, -0.15) is 13.1 Å². The lowest BCUT2D eigenvalue weighted by atomic mass is 9.99. The van der Waals surface area contributed by atoms with Crippen LogP contribution in [0.15, 0.2) is 26.3 Å². The van der Waals surface area contributed by atoms with Crippen LogP contribution in [0.5, 0.6) is 5.75 Å². The van der Waals surface area contributed by atoms with Crippen molar-refractivity contribution in [2.45, 2.75) is 57.7 Å². The molecule has 0 aliphatic heterocycles. The van der Waals surface area contributed by atoms with Crippen molar-refractivity contribution in [3.8, 4) is 5.75 Å². The van der Waals surface area contributed by atoms with Gasteiger partial charge in [0.2, 0.25) is 0 Å². The highest BCUT2D eigenvalue weighted by Gasteiger charge is 2.29. The summed E-state index contributed by atoms with van der Waals surface area (Å²) in [6.45, 7) is 12.6. The van der Waals surface area contributed by atoms with Crippen LogP contribution in [0.4, 0.5) is 17.3 Å². The third-order valence-electron chi connectivity index (χ3n) is 5.33. The zero-order valence-electron chi connectivity index (χ0n) is 19.6. The number of sulfonamides is 1. The number of furan rings is 1. The van der Waals surface area contributed by atoms with Gasteiger partial charge in [0.15, 0.2) is 21.6 Å². The maximum absolute atomic E-state index is 12.8. The molecule has 0 unspecified atom stereocenters. The van der Waals surface area contributed by atoms with Crippen LogP contribution in [0.2, 0.25) is 0 Å². The van der Waals surface area contributed by atoms with Crippen molar-refractivity contribution in [2.24, 2.45) is 5.92 Å². The summed E-state index contributed by atoms with van der Waals surface area (Å²) < 4.78 is 41.3. The molecule has 0 aliphatic carbocycles. The van der Waals surface area contributed by atoms with Gasteiger partial charge in [-0.1, -0.05) is 41.5 Å². The summed E-state index contributed by atoms with van der Waals surface area (Å²) >= 11 is 1.98. The fourth-order valence-electron chi connectivity index (χ4n) is 3.33. The molecule has 1 atom stereocenters. The van der Waals surface area contributed by atoms with E-state index in [4.69, 9.17) is 4.42 Å². The quantitative estimate of drug-likeness (QED) is 0.303. The van der Waals surface area contributed by atoms with Crippen LogP contribution in [0.25, 0.3) is 0 Å². The lowest BCUT2D eigenvalue weighted by Crippen LogP contribution is -2.30. The van der Waals surface area contributed by atoms with Gasteiger partial charge in [0.1, 0.15) is 5.76 Å². The fraction of sp³-hybridized carbons (Fsp3) is 0.524. The molecule has 182 valence electrons. The first-order chi connectivity index (χ1) is 15.6. The Morgan fingerprint density at radius 3 is 2.39 bits per heavy atom. The molecular formula is C21H31N5O4S3. The predicted octanol–water partition coefficient (Wildman–Crippen LogP) is 5.60. The van der Waals surface area contributed by atoms with Crippen LogP contribution in [-0.2, 0) is 10.0 Å². The second kappa shape index (κ2) is 10.4. The molecule has 33 heavy (non-hydrogen) atoms. The van der Waals surface area contributed by atoms with Gasteiger partial charge >= 0.3 is 0 Å². The van der Waals surface area contributed by atoms with Crippen LogP contribution in [0.3, 0.4) is 0 Å². The van der Waals surface area contributed by atoms with Gasteiger partial charge in [-0.05, 0) is 23.5 Å². The summed E-state index contributed by atoms with van der Waals surface area (Å²) in [6.07, 6.45) is 1.77. The molecule has 3 heterocycles. The second-order valence-corrected chi connectivity index (χ2v) is 11.8. The van der Waals surface area contributed by atoms with E-state index < -0.39 is 10.0 Å². The summed E-state index contributed by atoms with van der Waals surface area (Å²) in [4.78, 5) is 0. The van der Waals surface area contributed by atoms with Gasteiger partial charge in [-0.25, -0.2) is 8.42 Å². The van der Waals surface area contributed by atoms with Crippen molar-refractivity contribution < 1.29 is 17.9 Å². The van der Waals surface area contributed by atoms with Gasteiger partial charge in [-0.15, -0.1) is 11.3 Å². The standard InChI is InChI=1S/C21H31N5O4S3/c1-7-26(8-2)33(28,29)21-18(27)15(11-31-21)22-19-20(25-32-24-19)23-17(13(5)6)16-9-14(10-30-16)12(3)4/h9-13,17,27H,7-8H2,1-6H3,(H,22,24)(H,23,25)/t17-/m1/s1. The molecular weight excluding hydrogens is 482 g/mol. The van der Waals surface area contributed by atoms with Crippen LogP contribution in [0, 0.1) is 5.92 Å². The molecule has 0 aromatic carbocycles. The molecule has 0 saturated heterocycles. The first kappa shape index (κ1) is 25.5. The van der Waals surface area contributed by atoms with E-state index in [1.807, 2.05) is 6.07 Å². The van der Waals surface area contributed by atoms with Crippen molar-refractivity contribution in [1.29, 1.82) is 0 Å². The molecule has 0 amide bonds. The summed E-state index contributed by atoms with van der Waals surface area (Å²) in [5.74, 6) is 1.95. The Balaban J connectivity index is 1.84. The minimum absolute atomic E-state index is 0.0942. The normalized spacial score (nSPS) is 13.2. The minimum Gasteiger partial charge on any atom is -0.504 e. The highest BCUT2D eigenvalue weighted by atomic mass is 32.2. The molecule has 0 bridgehead atoms. The Labute approximate surface area is 203 Å². The number of aromatic hydroxyl groups is 1. The molecule has 3 aromatic rings. The maximum atomic E-state index is 12.8. The van der Waals surface area contributed by atoms with E-state index in [2.05, 4.69) is 47.1 Å². The number of nitrogens with zero attached hydrogens (tertiary/aromatic N) is 3. The summed E-state index contributed by atoms with van der Waals surface area (Å²) in [7, 11) is -3.77. The molecule has 0 radical (unpaired) electrons. The lowest BCUT2D eigenvalue weighted by molar-refractivity contribution is 0.420. The molecule has 3 aromatic heterocycles. The Hall–Kier alpha value is -2.15. The van der Waals surface area contributed by atoms with E-state index in [-0.39, 0.29) is 27.6 Å². The number of anilines is 3. The largest absolute Gasteiger partial charge is 0.504 e. The fourth-order valence-corrected chi connectivity index (χ4v) is 6.64. The smallest absolute Gasteiger partial charge is 0.256 e. The van der Waals surface area contributed by atoms with E-state index in [1.165, 1.54) is 4.31 Å². The van der Waals surface area contributed by atoms with Crippen LogP contribution >= 0.6 is 23.1 Å². The number of hydrogen-bond acceptors (Lipinski definition) is 10. The molecule has 12 heteroatoms. The van der Waals surface area contributed by atoms with E-state index >= 15 is 0 Å². The molecule has 9 nitrogen and oxygen atoms in total. The van der Waals surface area contributed by atoms with Crippen LogP contribution in [-0.4, -0.2) is 39.7 Å². The molecule has 3 N–H and O–H groups in total. The first-order valence-corrected chi connectivity index (χ1v) is 13.9. The highest BCUT2D eigenvalue weighted by molar-refractivity contribution is 7.91. The molecule has 3 rings (SSSR count). The highest BCUT2D eigenvalue weighted by Crippen LogP contribution is 2.41. The van der Waals surface area contributed by atoms with Gasteiger partial charge < -0.3 is 20.2 Å². The number of thiophene rings is 1. The third kappa shape index (κ3) is 5.34. The first-order valence-electron chi connectivity index (χ1n) is 10.8. The van der Waals surface area contributed by atoms with Crippen molar-refractivity contribution >= 4 is 50.4 Å². The summed E-state index contributed by atoms with van der Waals surface area (Å²) in [5.41, 5.74) is 1.39. The van der Waals surface area contributed by atoms with Gasteiger partial charge in [-0.3, -0.25) is 0 Å². The zero-order valence-corrected chi connectivity index (χ0v) is 22.1. The van der Waals surface area contributed by atoms with Crippen molar-refractivity contribution in [1.82, 2.24) is 13.1 Å². The predicted molar refractivity (Wildman–Crippen MR) is 133 cm³/mol. The molecule has 0 saturated carbocycles. The number of hydrogen-bond donors (Lipinski definition) is 3. The van der Waals surface area contributed by atoms with Crippen LogP contribution in [0.1, 0.15) is 64.8 Å². The van der Waals surface area contributed by atoms with Crippen molar-refractivity contribution in [3.63, 3.8) is 0 Å². The SMILES string of the molecule is CCN(CC)S(=O)(=O)c1scc(Nc2nsnc2N[C@@H](c2cc(C(C)C)co2)C(C)C)c1O. The Bertz CT molecular complexity index is 1160. The van der Waals surface area contributed by atoms with E-state index in [9.17, 15) is 13.5 Å². The van der Waals surface area contributed by atoms with Gasteiger partial charge in [0.05, 0.1) is 29.7 Å². The zero-order chi connectivity index (χ0) is 24.3. The number of aromatic nitrogens is 2. The molecule has 0 spiro atoms. The Kier molecular flexibility index (Phi) is 8.04. The average Bonchev–Trinajstić information content (AvgIpc) is 3.48. The number of rotatable bonds is 11. The maximum Gasteiger partial charge on any atom is 0.256 e. The topological polar surface area (TPSA) is 121 Å². The van der Waals surface area contributed by atoms with E-state index in [0.29, 0.717) is 30.6 Å². The van der Waals surface area contributed by atoms with Gasteiger partial charge in [0.25, 0.3) is 10.0 Å². The molecule has 0 fully saturated rings. The third-order valence-corrected chi connectivity index (χ3v) is 9.39.